The van der Waals surface area contributed by atoms with Gasteiger partial charge in [0.1, 0.15) is 11.6 Å². The number of hydrogen-bond donors (Lipinski definition) is 2. The summed E-state index contributed by atoms with van der Waals surface area (Å²) in [6, 6.07) is 6.37. The van der Waals surface area contributed by atoms with E-state index in [0.717, 1.165) is 36.8 Å². The van der Waals surface area contributed by atoms with E-state index in [4.69, 9.17) is 5.73 Å². The van der Waals surface area contributed by atoms with Crippen LogP contribution in [0.5, 0.6) is 5.75 Å². The van der Waals surface area contributed by atoms with Crippen molar-refractivity contribution in [2.75, 3.05) is 18.0 Å². The highest BCUT2D eigenvalue weighted by Crippen LogP contribution is 2.36. The predicted octanol–water partition coefficient (Wildman–Crippen LogP) is 4.91. The van der Waals surface area contributed by atoms with Crippen LogP contribution in [0.1, 0.15) is 44.0 Å². The number of nitrogens with zero attached hydrogens (tertiary/aromatic N) is 4. The van der Waals surface area contributed by atoms with Crippen LogP contribution in [0.25, 0.3) is 21.7 Å². The summed E-state index contributed by atoms with van der Waals surface area (Å²) in [4.78, 5) is 7.00. The fraction of sp³-hybridized carbons (Fsp3) is 0.435. The Balaban J connectivity index is 0.000000334. The number of phenolic OH excluding ortho intramolecular Hbond substituents is 1. The molecule has 0 unspecified atom stereocenters. The molecule has 1 saturated carbocycles. The van der Waals surface area contributed by atoms with Crippen LogP contribution < -0.4 is 10.6 Å². The van der Waals surface area contributed by atoms with Crippen molar-refractivity contribution in [1.82, 2.24) is 15.2 Å². The van der Waals surface area contributed by atoms with E-state index in [0.29, 0.717) is 21.7 Å². The number of hydrogen-bond acceptors (Lipinski definition) is 7. The van der Waals surface area contributed by atoms with Gasteiger partial charge in [-0.2, -0.15) is 0 Å². The van der Waals surface area contributed by atoms with E-state index < -0.39 is 5.82 Å². The second-order valence-corrected chi connectivity index (χ2v) is 9.81. The van der Waals surface area contributed by atoms with Crippen LogP contribution in [0.2, 0.25) is 0 Å². The van der Waals surface area contributed by atoms with Crippen molar-refractivity contribution in [2.45, 2.75) is 51.5 Å². The molecule has 0 amide bonds. The SMILES string of the molecule is CC1(N)CCC1.Cc1ncc(-c2cc(O)c(-c3ccc(N4CCCC4)nn3)cc2F)s1. The molecule has 2 fully saturated rings. The molecule has 3 aromatic rings. The number of aromatic hydroxyl groups is 1. The van der Waals surface area contributed by atoms with Gasteiger partial charge in [-0.25, -0.2) is 9.37 Å². The van der Waals surface area contributed by atoms with Crippen LogP contribution in [0.4, 0.5) is 10.2 Å². The summed E-state index contributed by atoms with van der Waals surface area (Å²) >= 11 is 1.39. The Hall–Kier alpha value is -2.58. The molecule has 164 valence electrons. The van der Waals surface area contributed by atoms with Crippen LogP contribution >= 0.6 is 11.3 Å². The molecule has 3 N–H and O–H groups in total. The average molecular weight is 442 g/mol. The van der Waals surface area contributed by atoms with Gasteiger partial charge in [0.25, 0.3) is 0 Å². The van der Waals surface area contributed by atoms with Crippen LogP contribution in [0, 0.1) is 12.7 Å². The number of aryl methyl sites for hydroxylation is 1. The molecule has 1 aromatic carbocycles. The molecular weight excluding hydrogens is 413 g/mol. The summed E-state index contributed by atoms with van der Waals surface area (Å²) in [6.07, 6.45) is 7.73. The van der Waals surface area contributed by atoms with Crippen molar-refractivity contribution in [3.05, 3.63) is 41.3 Å². The number of nitrogens with two attached hydrogens (primary N) is 1. The van der Waals surface area contributed by atoms with Gasteiger partial charge in [0.2, 0.25) is 0 Å². The number of thiazole rings is 1. The summed E-state index contributed by atoms with van der Waals surface area (Å²) in [5, 5.41) is 19.6. The summed E-state index contributed by atoms with van der Waals surface area (Å²) in [5.74, 6) is 0.380. The van der Waals surface area contributed by atoms with E-state index in [1.54, 1.807) is 12.3 Å². The lowest BCUT2D eigenvalue weighted by Gasteiger charge is -2.33. The number of halogens is 1. The molecule has 5 rings (SSSR count). The minimum absolute atomic E-state index is 0.0225. The van der Waals surface area contributed by atoms with Crippen LogP contribution in [0.15, 0.2) is 30.5 Å². The van der Waals surface area contributed by atoms with E-state index in [2.05, 4.69) is 27.0 Å². The fourth-order valence-corrected chi connectivity index (χ4v) is 4.56. The Labute approximate surface area is 186 Å². The lowest BCUT2D eigenvalue weighted by atomic mass is 9.80. The van der Waals surface area contributed by atoms with Gasteiger partial charge in [0.05, 0.1) is 15.6 Å². The summed E-state index contributed by atoms with van der Waals surface area (Å²) in [5.41, 5.74) is 6.97. The van der Waals surface area contributed by atoms with Crippen LogP contribution in [0.3, 0.4) is 0 Å². The molecule has 0 atom stereocenters. The molecular formula is C23H28FN5OS. The van der Waals surface area contributed by atoms with Crippen molar-refractivity contribution in [3.63, 3.8) is 0 Å². The highest BCUT2D eigenvalue weighted by molar-refractivity contribution is 7.15. The minimum Gasteiger partial charge on any atom is -0.507 e. The predicted molar refractivity (Wildman–Crippen MR) is 123 cm³/mol. The first-order valence-corrected chi connectivity index (χ1v) is 11.5. The van der Waals surface area contributed by atoms with Crippen molar-refractivity contribution in [1.29, 1.82) is 0 Å². The molecule has 2 aliphatic rings. The number of rotatable bonds is 3. The van der Waals surface area contributed by atoms with Gasteiger partial charge in [0, 0.05) is 36.0 Å². The molecule has 0 bridgehead atoms. The third-order valence-electron chi connectivity index (χ3n) is 5.82. The lowest BCUT2D eigenvalue weighted by Crippen LogP contribution is -2.42. The van der Waals surface area contributed by atoms with Gasteiger partial charge in [-0.05, 0) is 70.2 Å². The molecule has 0 radical (unpaired) electrons. The van der Waals surface area contributed by atoms with Gasteiger partial charge in [0.15, 0.2) is 5.82 Å². The van der Waals surface area contributed by atoms with Crippen molar-refractivity contribution in [2.24, 2.45) is 5.73 Å². The Morgan fingerprint density at radius 3 is 2.32 bits per heavy atom. The van der Waals surface area contributed by atoms with Crippen molar-refractivity contribution >= 4 is 17.2 Å². The molecule has 1 aliphatic heterocycles. The standard InChI is InChI=1S/C18H17FN4OS.C5H11N/c1-11-20-10-17(25-11)12-9-16(24)13(8-14(12)19)15-4-5-18(22-21-15)23-6-2-3-7-23;1-5(6)3-2-4-5/h4-5,8-10,24H,2-3,6-7H2,1H3;2-4,6H2,1H3. The highest BCUT2D eigenvalue weighted by Gasteiger charge is 2.25. The Kier molecular flexibility index (Phi) is 6.20. The summed E-state index contributed by atoms with van der Waals surface area (Å²) in [6.45, 7) is 5.93. The number of phenols is 1. The van der Waals surface area contributed by atoms with E-state index in [9.17, 15) is 9.50 Å². The van der Waals surface area contributed by atoms with E-state index >= 15 is 0 Å². The first-order valence-electron chi connectivity index (χ1n) is 10.7. The van der Waals surface area contributed by atoms with Crippen LogP contribution in [-0.4, -0.2) is 38.9 Å². The zero-order chi connectivity index (χ0) is 22.0. The Morgan fingerprint density at radius 1 is 1.10 bits per heavy atom. The quantitative estimate of drug-likeness (QED) is 0.601. The number of aromatic nitrogens is 3. The zero-order valence-corrected chi connectivity index (χ0v) is 18.8. The van der Waals surface area contributed by atoms with Crippen molar-refractivity contribution in [3.8, 4) is 27.4 Å². The summed E-state index contributed by atoms with van der Waals surface area (Å²) < 4.78 is 14.5. The molecule has 1 aliphatic carbocycles. The molecule has 2 aromatic heterocycles. The average Bonchev–Trinajstić information content (AvgIpc) is 3.41. The normalized spacial score (nSPS) is 17.1. The lowest BCUT2D eigenvalue weighted by molar-refractivity contribution is 0.277. The molecule has 1 saturated heterocycles. The van der Waals surface area contributed by atoms with Gasteiger partial charge in [-0.3, -0.25) is 0 Å². The van der Waals surface area contributed by atoms with E-state index in [-0.39, 0.29) is 11.3 Å². The van der Waals surface area contributed by atoms with Gasteiger partial charge in [-0.15, -0.1) is 21.5 Å². The van der Waals surface area contributed by atoms with Crippen LogP contribution in [-0.2, 0) is 0 Å². The maximum atomic E-state index is 14.5. The van der Waals surface area contributed by atoms with E-state index in [1.807, 2.05) is 13.0 Å². The largest absolute Gasteiger partial charge is 0.507 e. The number of benzene rings is 1. The molecule has 8 heteroatoms. The first-order chi connectivity index (χ1) is 14.8. The fourth-order valence-electron chi connectivity index (χ4n) is 3.76. The maximum Gasteiger partial charge on any atom is 0.151 e. The Morgan fingerprint density at radius 2 is 1.81 bits per heavy atom. The monoisotopic (exact) mass is 441 g/mol. The summed E-state index contributed by atoms with van der Waals surface area (Å²) in [7, 11) is 0. The zero-order valence-electron chi connectivity index (χ0n) is 17.9. The molecule has 31 heavy (non-hydrogen) atoms. The van der Waals surface area contributed by atoms with E-state index in [1.165, 1.54) is 42.7 Å². The van der Waals surface area contributed by atoms with Crippen molar-refractivity contribution < 1.29 is 9.50 Å². The molecule has 6 nitrogen and oxygen atoms in total. The number of anilines is 1. The van der Waals surface area contributed by atoms with Gasteiger partial charge in [-0.1, -0.05) is 0 Å². The second kappa shape index (κ2) is 8.88. The molecule has 3 heterocycles. The minimum atomic E-state index is -0.415. The third-order valence-corrected chi connectivity index (χ3v) is 6.77. The third kappa shape index (κ3) is 5.02. The first kappa shape index (κ1) is 21.6. The second-order valence-electron chi connectivity index (χ2n) is 8.57. The van der Waals surface area contributed by atoms with Gasteiger partial charge < -0.3 is 15.7 Å². The Bertz CT molecular complexity index is 1040. The maximum absolute atomic E-state index is 14.5. The molecule has 0 spiro atoms. The smallest absolute Gasteiger partial charge is 0.151 e. The topological polar surface area (TPSA) is 88.2 Å². The van der Waals surface area contributed by atoms with Gasteiger partial charge >= 0.3 is 0 Å². The highest BCUT2D eigenvalue weighted by atomic mass is 32.1.